The molecule has 2 nitrogen and oxygen atoms in total. The summed E-state index contributed by atoms with van der Waals surface area (Å²) in [6.45, 7) is 0.878. The Balaban J connectivity index is 2.82. The second-order valence-electron chi connectivity index (χ2n) is 4.00. The number of carbonyl (C=O) groups excluding carboxylic acids is 1. The Labute approximate surface area is 102 Å². The van der Waals surface area contributed by atoms with Gasteiger partial charge < -0.3 is 0 Å². The largest absolute Gasteiger partial charge is 0.292 e. The predicted molar refractivity (Wildman–Crippen MR) is 58.8 cm³/mol. The number of likely N-dealkylation sites (N-methyl/N-ethyl adjacent to an activating group) is 1. The van der Waals surface area contributed by atoms with E-state index in [1.807, 2.05) is 0 Å². The van der Waals surface area contributed by atoms with Gasteiger partial charge in [0.05, 0.1) is 12.6 Å². The maximum absolute atomic E-state index is 13.0. The first kappa shape index (κ1) is 14.6. The molecule has 0 saturated carbocycles. The molecule has 1 unspecified atom stereocenters. The van der Waals surface area contributed by atoms with Gasteiger partial charge in [-0.25, -0.2) is 17.6 Å². The number of nitrogens with zero attached hydrogens (tertiary/aromatic N) is 1. The zero-order valence-electron chi connectivity index (χ0n) is 9.96. The molecule has 1 aromatic carbocycles. The van der Waals surface area contributed by atoms with Crippen molar-refractivity contribution < 1.29 is 22.4 Å². The smallest absolute Gasteiger partial charge is 0.251 e. The summed E-state index contributed by atoms with van der Waals surface area (Å²) in [4.78, 5) is 13.0. The Morgan fingerprint density at radius 1 is 1.28 bits per heavy atom. The van der Waals surface area contributed by atoms with Crippen LogP contribution in [0.25, 0.3) is 0 Å². The van der Waals surface area contributed by atoms with Crippen molar-refractivity contribution in [3.8, 4) is 0 Å². The highest BCUT2D eigenvalue weighted by Gasteiger charge is 2.22. The molecule has 0 aliphatic heterocycles. The molecule has 0 N–H and O–H groups in total. The lowest BCUT2D eigenvalue weighted by Crippen LogP contribution is -2.38. The normalized spacial score (nSPS) is 13.1. The number of carbonyl (C=O) groups is 1. The number of Topliss-reactive ketones (excluding diaryl/α,β-unsaturated/α-hetero) is 1. The van der Waals surface area contributed by atoms with Crippen molar-refractivity contribution >= 4 is 5.78 Å². The summed E-state index contributed by atoms with van der Waals surface area (Å²) in [6.07, 6.45) is -2.56. The van der Waals surface area contributed by atoms with E-state index in [1.165, 1.54) is 14.0 Å². The lowest BCUT2D eigenvalue weighted by molar-refractivity contribution is 0.0679. The van der Waals surface area contributed by atoms with Gasteiger partial charge in [0.15, 0.2) is 17.4 Å². The summed E-state index contributed by atoms with van der Waals surface area (Å²) >= 11 is 0. The van der Waals surface area contributed by atoms with Crippen LogP contribution in [0, 0.1) is 11.6 Å². The molecule has 1 rings (SSSR count). The second-order valence-corrected chi connectivity index (χ2v) is 4.00. The quantitative estimate of drug-likeness (QED) is 0.601. The Kier molecular flexibility index (Phi) is 4.84. The average molecular weight is 263 g/mol. The molecule has 0 amide bonds. The molecule has 0 spiro atoms. The fourth-order valence-electron chi connectivity index (χ4n) is 1.47. The van der Waals surface area contributed by atoms with Crippen molar-refractivity contribution in [2.24, 2.45) is 0 Å². The molecule has 0 aliphatic rings. The molecule has 1 aromatic rings. The minimum atomic E-state index is -2.56. The van der Waals surface area contributed by atoms with Gasteiger partial charge in [0.2, 0.25) is 0 Å². The standard InChI is InChI=1S/C12H13F4NO/c1-7(17(2)6-11(15)16)12(18)8-3-4-9(13)10(14)5-8/h3-5,7,11H,6H2,1-2H3. The molecule has 6 heteroatoms. The summed E-state index contributed by atoms with van der Waals surface area (Å²) in [5.74, 6) is -2.72. The summed E-state index contributed by atoms with van der Waals surface area (Å²) in [7, 11) is 1.37. The number of benzene rings is 1. The minimum Gasteiger partial charge on any atom is -0.292 e. The highest BCUT2D eigenvalue weighted by molar-refractivity contribution is 5.99. The Hall–Kier alpha value is -1.43. The number of hydrogen-bond acceptors (Lipinski definition) is 2. The van der Waals surface area contributed by atoms with E-state index in [9.17, 15) is 22.4 Å². The lowest BCUT2D eigenvalue weighted by atomic mass is 10.0. The summed E-state index contributed by atoms with van der Waals surface area (Å²) < 4.78 is 50.0. The van der Waals surface area contributed by atoms with Crippen LogP contribution in [0.15, 0.2) is 18.2 Å². The van der Waals surface area contributed by atoms with Crippen LogP contribution in [0.4, 0.5) is 17.6 Å². The topological polar surface area (TPSA) is 20.3 Å². The summed E-state index contributed by atoms with van der Waals surface area (Å²) in [6, 6.07) is 1.91. The lowest BCUT2D eigenvalue weighted by Gasteiger charge is -2.23. The van der Waals surface area contributed by atoms with Crippen LogP contribution in [0.2, 0.25) is 0 Å². The molecule has 0 fully saturated rings. The first-order valence-corrected chi connectivity index (χ1v) is 5.30. The maximum Gasteiger partial charge on any atom is 0.251 e. The summed E-state index contributed by atoms with van der Waals surface area (Å²) in [5.41, 5.74) is -0.0393. The molecular formula is C12H13F4NO. The van der Waals surface area contributed by atoms with E-state index in [0.29, 0.717) is 0 Å². The molecule has 0 aliphatic carbocycles. The zero-order chi connectivity index (χ0) is 13.9. The van der Waals surface area contributed by atoms with Crippen molar-refractivity contribution in [1.82, 2.24) is 4.90 Å². The van der Waals surface area contributed by atoms with E-state index in [-0.39, 0.29) is 5.56 Å². The van der Waals surface area contributed by atoms with Gasteiger partial charge in [-0.2, -0.15) is 0 Å². The number of alkyl halides is 2. The maximum atomic E-state index is 13.0. The minimum absolute atomic E-state index is 0.0393. The third-order valence-corrected chi connectivity index (χ3v) is 2.67. The fraction of sp³-hybridized carbons (Fsp3) is 0.417. The average Bonchev–Trinajstić information content (AvgIpc) is 2.30. The number of hydrogen-bond donors (Lipinski definition) is 0. The van der Waals surface area contributed by atoms with Crippen molar-refractivity contribution in [3.05, 3.63) is 35.4 Å². The third kappa shape index (κ3) is 3.53. The molecule has 0 aromatic heterocycles. The molecule has 0 bridgehead atoms. The Bertz CT molecular complexity index is 436. The molecule has 1 atom stereocenters. The van der Waals surface area contributed by atoms with Crippen LogP contribution in [-0.2, 0) is 0 Å². The second kappa shape index (κ2) is 5.95. The van der Waals surface area contributed by atoms with E-state index in [0.717, 1.165) is 23.1 Å². The summed E-state index contributed by atoms with van der Waals surface area (Å²) in [5, 5.41) is 0. The number of rotatable bonds is 5. The van der Waals surface area contributed by atoms with E-state index in [2.05, 4.69) is 0 Å². The fourth-order valence-corrected chi connectivity index (χ4v) is 1.47. The molecule has 0 saturated heterocycles. The molecule has 18 heavy (non-hydrogen) atoms. The van der Waals surface area contributed by atoms with Crippen LogP contribution in [0.5, 0.6) is 0 Å². The van der Waals surface area contributed by atoms with Gasteiger partial charge in [0.25, 0.3) is 6.43 Å². The van der Waals surface area contributed by atoms with Gasteiger partial charge in [-0.3, -0.25) is 9.69 Å². The van der Waals surface area contributed by atoms with Gasteiger partial charge in [0.1, 0.15) is 0 Å². The molecule has 0 radical (unpaired) electrons. The van der Waals surface area contributed by atoms with Gasteiger partial charge in [-0.15, -0.1) is 0 Å². The first-order valence-electron chi connectivity index (χ1n) is 5.30. The predicted octanol–water partition coefficient (Wildman–Crippen LogP) is 2.73. The van der Waals surface area contributed by atoms with Gasteiger partial charge in [-0.1, -0.05) is 0 Å². The molecule has 100 valence electrons. The van der Waals surface area contributed by atoms with Crippen LogP contribution in [0.3, 0.4) is 0 Å². The van der Waals surface area contributed by atoms with Crippen LogP contribution < -0.4 is 0 Å². The number of halogens is 4. The van der Waals surface area contributed by atoms with Gasteiger partial charge in [-0.05, 0) is 32.2 Å². The zero-order valence-corrected chi connectivity index (χ0v) is 9.96. The molecular weight excluding hydrogens is 250 g/mol. The SMILES string of the molecule is CC(C(=O)c1ccc(F)c(F)c1)N(C)CC(F)F. The monoisotopic (exact) mass is 263 g/mol. The van der Waals surface area contributed by atoms with E-state index >= 15 is 0 Å². The number of ketones is 1. The highest BCUT2D eigenvalue weighted by Crippen LogP contribution is 2.13. The van der Waals surface area contributed by atoms with E-state index in [4.69, 9.17) is 0 Å². The highest BCUT2D eigenvalue weighted by atomic mass is 19.3. The Morgan fingerprint density at radius 2 is 1.89 bits per heavy atom. The third-order valence-electron chi connectivity index (χ3n) is 2.67. The van der Waals surface area contributed by atoms with Crippen LogP contribution >= 0.6 is 0 Å². The van der Waals surface area contributed by atoms with Gasteiger partial charge in [0, 0.05) is 5.56 Å². The van der Waals surface area contributed by atoms with Crippen molar-refractivity contribution in [2.45, 2.75) is 19.4 Å². The first-order chi connectivity index (χ1) is 8.32. The van der Waals surface area contributed by atoms with E-state index in [1.54, 1.807) is 0 Å². The van der Waals surface area contributed by atoms with Crippen LogP contribution in [0.1, 0.15) is 17.3 Å². The van der Waals surface area contributed by atoms with E-state index < -0.39 is 36.4 Å². The van der Waals surface area contributed by atoms with Crippen molar-refractivity contribution in [2.75, 3.05) is 13.6 Å². The van der Waals surface area contributed by atoms with Crippen molar-refractivity contribution in [3.63, 3.8) is 0 Å². The molecule has 0 heterocycles. The van der Waals surface area contributed by atoms with Crippen LogP contribution in [-0.4, -0.2) is 36.7 Å². The van der Waals surface area contributed by atoms with Gasteiger partial charge >= 0.3 is 0 Å². The van der Waals surface area contributed by atoms with Crippen molar-refractivity contribution in [1.29, 1.82) is 0 Å². The Morgan fingerprint density at radius 3 is 2.39 bits per heavy atom.